The summed E-state index contributed by atoms with van der Waals surface area (Å²) in [5, 5.41) is 14.6. The molecule has 1 spiro atoms. The largest absolute Gasteiger partial charge is 0.509 e. The summed E-state index contributed by atoms with van der Waals surface area (Å²) in [4.78, 5) is 12.6. The maximum absolute atomic E-state index is 12.6. The van der Waals surface area contributed by atoms with Gasteiger partial charge in [-0.05, 0) is 74.3 Å². The molecule has 4 nitrogen and oxygen atoms in total. The predicted octanol–water partition coefficient (Wildman–Crippen LogP) is 3.93. The molecule has 3 rings (SSSR count). The topological polar surface area (TPSA) is 58.6 Å². The third-order valence-corrected chi connectivity index (χ3v) is 5.81. The van der Waals surface area contributed by atoms with Crippen molar-refractivity contribution in [2.45, 2.75) is 45.1 Å². The Morgan fingerprint density at radius 3 is 2.58 bits per heavy atom. The first kappa shape index (κ1) is 17.3. The zero-order valence-corrected chi connectivity index (χ0v) is 15.2. The number of methoxy groups -OCH3 is 1. The number of benzene rings is 1. The highest BCUT2D eigenvalue weighted by Gasteiger charge is 2.48. The summed E-state index contributed by atoms with van der Waals surface area (Å²) >= 11 is 6.16. The van der Waals surface area contributed by atoms with Gasteiger partial charge in [0.25, 0.3) is 5.91 Å². The second kappa shape index (κ2) is 6.41. The van der Waals surface area contributed by atoms with Crippen LogP contribution in [0.25, 0.3) is 5.57 Å². The van der Waals surface area contributed by atoms with Crippen molar-refractivity contribution in [3.8, 4) is 0 Å². The van der Waals surface area contributed by atoms with Crippen LogP contribution in [0.2, 0.25) is 5.02 Å². The highest BCUT2D eigenvalue weighted by atomic mass is 35.5. The van der Waals surface area contributed by atoms with Gasteiger partial charge in [-0.25, -0.2) is 0 Å². The highest BCUT2D eigenvalue weighted by molar-refractivity contribution is 6.31. The number of nitrogens with one attached hydrogen (secondary N) is 1. The van der Waals surface area contributed by atoms with E-state index in [1.165, 1.54) is 0 Å². The summed E-state index contributed by atoms with van der Waals surface area (Å²) in [6.07, 6.45) is 3.36. The molecule has 0 unspecified atom stereocenters. The lowest BCUT2D eigenvalue weighted by molar-refractivity contribution is -0.116. The van der Waals surface area contributed by atoms with E-state index in [4.69, 9.17) is 16.3 Å². The minimum atomic E-state index is -0.614. The second-order valence-corrected chi connectivity index (χ2v) is 7.48. The molecule has 0 bridgehead atoms. The van der Waals surface area contributed by atoms with Gasteiger partial charge < -0.3 is 15.2 Å². The molecule has 130 valence electrons. The minimum Gasteiger partial charge on any atom is -0.509 e. The van der Waals surface area contributed by atoms with Gasteiger partial charge in [0.05, 0.1) is 11.1 Å². The zero-order chi connectivity index (χ0) is 17.5. The fraction of sp³-hybridized carbons (Fsp3) is 0.526. The van der Waals surface area contributed by atoms with Crippen LogP contribution in [0.4, 0.5) is 0 Å². The molecular formula is C19H24ClNO3. The summed E-state index contributed by atoms with van der Waals surface area (Å²) in [6, 6.07) is 3.73. The number of halogens is 1. The summed E-state index contributed by atoms with van der Waals surface area (Å²) in [5.41, 5.74) is 2.35. The van der Waals surface area contributed by atoms with Crippen LogP contribution in [0, 0.1) is 19.8 Å². The molecule has 1 saturated carbocycles. The zero-order valence-electron chi connectivity index (χ0n) is 14.4. The molecule has 1 aromatic carbocycles. The highest BCUT2D eigenvalue weighted by Crippen LogP contribution is 2.43. The van der Waals surface area contributed by atoms with Crippen molar-refractivity contribution in [3.05, 3.63) is 39.6 Å². The Morgan fingerprint density at radius 1 is 1.29 bits per heavy atom. The van der Waals surface area contributed by atoms with E-state index in [2.05, 4.69) is 5.32 Å². The first-order valence-electron chi connectivity index (χ1n) is 8.40. The van der Waals surface area contributed by atoms with Crippen LogP contribution in [0.1, 0.15) is 42.4 Å². The predicted molar refractivity (Wildman–Crippen MR) is 95.2 cm³/mol. The molecule has 0 aromatic heterocycles. The number of ether oxygens (including phenoxy) is 1. The molecule has 1 aliphatic carbocycles. The third-order valence-electron chi connectivity index (χ3n) is 5.41. The number of carbonyl (C=O) groups is 1. The number of rotatable bonds is 3. The third kappa shape index (κ3) is 2.82. The van der Waals surface area contributed by atoms with E-state index in [1.807, 2.05) is 26.0 Å². The number of hydrogen-bond acceptors (Lipinski definition) is 3. The fourth-order valence-corrected chi connectivity index (χ4v) is 4.14. The van der Waals surface area contributed by atoms with E-state index in [-0.39, 0.29) is 11.7 Å². The number of aliphatic hydroxyl groups is 1. The molecule has 5 heteroatoms. The average Bonchev–Trinajstić information content (AvgIpc) is 2.77. The van der Waals surface area contributed by atoms with Gasteiger partial charge in [0, 0.05) is 18.7 Å². The van der Waals surface area contributed by atoms with Gasteiger partial charge in [-0.1, -0.05) is 11.6 Å². The first-order chi connectivity index (χ1) is 11.4. The number of hydrogen-bond donors (Lipinski definition) is 2. The SMILES string of the molecule is COCC1CCC2(CC1)NC(=O)C(c1cc(C)c(Cl)cc1C)=C2O. The van der Waals surface area contributed by atoms with Crippen molar-refractivity contribution in [1.82, 2.24) is 5.32 Å². The van der Waals surface area contributed by atoms with Gasteiger partial charge in [-0.3, -0.25) is 4.79 Å². The number of amides is 1. The van der Waals surface area contributed by atoms with Crippen LogP contribution >= 0.6 is 11.6 Å². The van der Waals surface area contributed by atoms with E-state index in [9.17, 15) is 9.90 Å². The van der Waals surface area contributed by atoms with Crippen LogP contribution in [-0.2, 0) is 9.53 Å². The fourth-order valence-electron chi connectivity index (χ4n) is 3.92. The van der Waals surface area contributed by atoms with Gasteiger partial charge >= 0.3 is 0 Å². The summed E-state index contributed by atoms with van der Waals surface area (Å²) in [6.45, 7) is 4.55. The monoisotopic (exact) mass is 349 g/mol. The van der Waals surface area contributed by atoms with Crippen LogP contribution in [0.5, 0.6) is 0 Å². The van der Waals surface area contributed by atoms with Gasteiger partial charge in [-0.2, -0.15) is 0 Å². The molecule has 1 heterocycles. The van der Waals surface area contributed by atoms with E-state index in [0.29, 0.717) is 16.5 Å². The molecule has 2 aliphatic rings. The average molecular weight is 350 g/mol. The quantitative estimate of drug-likeness (QED) is 0.869. The molecule has 1 fully saturated rings. The second-order valence-electron chi connectivity index (χ2n) is 7.07. The van der Waals surface area contributed by atoms with Crippen LogP contribution < -0.4 is 5.32 Å². The minimum absolute atomic E-state index is 0.188. The van der Waals surface area contributed by atoms with Crippen molar-refractivity contribution in [1.29, 1.82) is 0 Å². The van der Waals surface area contributed by atoms with Gasteiger partial charge in [0.15, 0.2) is 0 Å². The smallest absolute Gasteiger partial charge is 0.256 e. The summed E-state index contributed by atoms with van der Waals surface area (Å²) < 4.78 is 5.24. The summed E-state index contributed by atoms with van der Waals surface area (Å²) in [7, 11) is 1.71. The van der Waals surface area contributed by atoms with Gasteiger partial charge in [0.2, 0.25) is 0 Å². The van der Waals surface area contributed by atoms with Gasteiger partial charge in [0.1, 0.15) is 5.76 Å². The Bertz CT molecular complexity index is 703. The van der Waals surface area contributed by atoms with Crippen molar-refractivity contribution in [2.24, 2.45) is 5.92 Å². The molecule has 0 saturated heterocycles. The van der Waals surface area contributed by atoms with E-state index in [0.717, 1.165) is 49.0 Å². The van der Waals surface area contributed by atoms with Crippen LogP contribution in [0.15, 0.2) is 17.9 Å². The van der Waals surface area contributed by atoms with E-state index >= 15 is 0 Å². The van der Waals surface area contributed by atoms with Crippen molar-refractivity contribution < 1.29 is 14.6 Å². The maximum atomic E-state index is 12.6. The van der Waals surface area contributed by atoms with Crippen molar-refractivity contribution in [3.63, 3.8) is 0 Å². The lowest BCUT2D eigenvalue weighted by atomic mass is 9.76. The lowest BCUT2D eigenvalue weighted by Gasteiger charge is -2.37. The Balaban J connectivity index is 1.96. The Labute approximate surface area is 147 Å². The molecule has 1 aromatic rings. The van der Waals surface area contributed by atoms with E-state index in [1.54, 1.807) is 7.11 Å². The maximum Gasteiger partial charge on any atom is 0.256 e. The van der Waals surface area contributed by atoms with Crippen molar-refractivity contribution in [2.75, 3.05) is 13.7 Å². The molecular weight excluding hydrogens is 326 g/mol. The molecule has 0 radical (unpaired) electrons. The van der Waals surface area contributed by atoms with Crippen molar-refractivity contribution >= 4 is 23.1 Å². The van der Waals surface area contributed by atoms with E-state index < -0.39 is 5.54 Å². The Kier molecular flexibility index (Phi) is 4.63. The summed E-state index contributed by atoms with van der Waals surface area (Å²) in [5.74, 6) is 0.490. The molecule has 24 heavy (non-hydrogen) atoms. The van der Waals surface area contributed by atoms with Gasteiger partial charge in [-0.15, -0.1) is 0 Å². The normalized spacial score (nSPS) is 27.0. The van der Waals surface area contributed by atoms with Crippen LogP contribution in [-0.4, -0.2) is 30.3 Å². The number of aryl methyl sites for hydroxylation is 2. The molecule has 2 N–H and O–H groups in total. The lowest BCUT2D eigenvalue weighted by Crippen LogP contribution is -2.47. The van der Waals surface area contributed by atoms with Crippen LogP contribution in [0.3, 0.4) is 0 Å². The first-order valence-corrected chi connectivity index (χ1v) is 8.78. The Morgan fingerprint density at radius 2 is 1.96 bits per heavy atom. The standard InChI is InChI=1S/C19H24ClNO3/c1-11-9-15(20)12(2)8-14(11)16-17(22)19(21-18(16)23)6-4-13(5-7-19)10-24-3/h8-9,13,22H,4-7,10H2,1-3H3,(H,21,23). The molecule has 0 atom stereocenters. The number of aliphatic hydroxyl groups excluding tert-OH is 1. The molecule has 1 aliphatic heterocycles. The molecule has 1 amide bonds. The Hall–Kier alpha value is -1.52. The number of carbonyl (C=O) groups excluding carboxylic acids is 1.